The topological polar surface area (TPSA) is 307 Å². The molecule has 5 unspecified atom stereocenters. The zero-order valence-electron chi connectivity index (χ0n) is 83.1. The number of halogens is 2. The molecule has 145 heavy (non-hydrogen) atoms. The van der Waals surface area contributed by atoms with Gasteiger partial charge >= 0.3 is 24.1 Å². The number of benzene rings is 11. The predicted octanol–water partition coefficient (Wildman–Crippen LogP) is 22.8. The number of urea groups is 1. The molecule has 742 valence electrons. The number of amides is 6. The molecule has 25 nitrogen and oxygen atoms in total. The molecule has 5 atom stereocenters. The molecule has 0 spiro atoms. The van der Waals surface area contributed by atoms with Crippen LogP contribution in [-0.4, -0.2) is 171 Å². The number of hydrogen-bond donors (Lipinski definition) is 8. The monoisotopic (exact) mass is 1980 g/mol. The maximum absolute atomic E-state index is 13.6. The maximum Gasteiger partial charge on any atom is 0.408 e. The van der Waals surface area contributed by atoms with Crippen LogP contribution in [0.15, 0.2) is 298 Å². The average molecular weight is 1980 g/mol. The Labute approximate surface area is 852 Å². The third kappa shape index (κ3) is 22.7. The molecule has 6 amide bonds. The van der Waals surface area contributed by atoms with E-state index in [1.54, 1.807) is 95.9 Å². The fraction of sp³-hybridized carbons (Fsp3) is 0.254. The minimum absolute atomic E-state index is 0.0118. The van der Waals surface area contributed by atoms with E-state index in [-0.39, 0.29) is 71.9 Å². The van der Waals surface area contributed by atoms with Crippen molar-refractivity contribution in [1.82, 2.24) is 65.5 Å². The summed E-state index contributed by atoms with van der Waals surface area (Å²) in [6.07, 6.45) is 8.64. The first-order valence-corrected chi connectivity index (χ1v) is 49.6. The average Bonchev–Trinajstić information content (AvgIpc) is 1.63. The molecule has 21 rings (SSSR count). The van der Waals surface area contributed by atoms with Gasteiger partial charge in [0.25, 0.3) is 11.8 Å². The number of nitrogens with zero attached hydrogens (tertiary/aromatic N) is 5. The van der Waals surface area contributed by atoms with Gasteiger partial charge in [0.1, 0.15) is 35.7 Å². The molecule has 17 aromatic rings. The first-order valence-electron chi connectivity index (χ1n) is 48.8. The third-order valence-corrected chi connectivity index (χ3v) is 27.4. The van der Waals surface area contributed by atoms with E-state index in [0.717, 1.165) is 121 Å². The predicted molar refractivity (Wildman–Crippen MR) is 570 cm³/mol. The first-order chi connectivity index (χ1) is 70.2. The van der Waals surface area contributed by atoms with Gasteiger partial charge in [-0.15, -0.1) is 0 Å². The Kier molecular flexibility index (Phi) is 31.2. The smallest absolute Gasteiger partial charge is 0.408 e. The number of esters is 2. The summed E-state index contributed by atoms with van der Waals surface area (Å²) in [5.41, 5.74) is 23.2. The van der Waals surface area contributed by atoms with Gasteiger partial charge in [0.2, 0.25) is 5.91 Å². The second-order valence-corrected chi connectivity index (χ2v) is 39.1. The second-order valence-electron chi connectivity index (χ2n) is 38.3. The Balaban J connectivity index is 0.000000124. The molecule has 8 N–H and O–H groups in total. The number of ether oxygens (including phenoxy) is 5. The molecule has 27 heteroatoms. The highest BCUT2D eigenvalue weighted by Gasteiger charge is 2.41. The lowest BCUT2D eigenvalue weighted by molar-refractivity contribution is -0.143. The fourth-order valence-electron chi connectivity index (χ4n) is 20.0. The zero-order valence-corrected chi connectivity index (χ0v) is 84.6. The lowest BCUT2D eigenvalue weighted by atomic mass is 9.87. The lowest BCUT2D eigenvalue weighted by Crippen LogP contribution is -2.46. The number of fused-ring (bicyclic) bond motifs is 13. The second kappa shape index (κ2) is 44.9. The van der Waals surface area contributed by atoms with Crippen LogP contribution in [0.1, 0.15) is 188 Å². The van der Waals surface area contributed by atoms with Crippen LogP contribution in [0.2, 0.25) is 10.0 Å². The van der Waals surface area contributed by atoms with Gasteiger partial charge < -0.3 is 78.8 Å². The summed E-state index contributed by atoms with van der Waals surface area (Å²) >= 11 is 12.3. The van der Waals surface area contributed by atoms with E-state index in [0.29, 0.717) is 72.4 Å². The number of alkyl carbamates (subject to hydrolysis) is 1. The molecule has 0 fully saturated rings. The van der Waals surface area contributed by atoms with Gasteiger partial charge in [-0.05, 0) is 224 Å². The van der Waals surface area contributed by atoms with Gasteiger partial charge in [0.05, 0.1) is 52.1 Å². The van der Waals surface area contributed by atoms with Crippen molar-refractivity contribution in [2.75, 3.05) is 67.7 Å². The molecule has 0 saturated heterocycles. The molecule has 4 aliphatic rings. The number of H-pyrrole nitrogens is 5. The van der Waals surface area contributed by atoms with E-state index in [4.69, 9.17) is 46.9 Å². The number of aromatic amines is 5. The van der Waals surface area contributed by atoms with Gasteiger partial charge in [-0.2, -0.15) is 0 Å². The molecule has 10 heterocycles. The van der Waals surface area contributed by atoms with Gasteiger partial charge in [-0.3, -0.25) is 29.5 Å². The van der Waals surface area contributed by atoms with E-state index >= 15 is 0 Å². The minimum Gasteiger partial charge on any atom is -0.497 e. The van der Waals surface area contributed by atoms with Crippen molar-refractivity contribution in [1.29, 1.82) is 0 Å². The van der Waals surface area contributed by atoms with Crippen molar-refractivity contribution in [3.63, 3.8) is 0 Å². The molecule has 0 saturated carbocycles. The highest BCUT2D eigenvalue weighted by atomic mass is 35.5. The van der Waals surface area contributed by atoms with E-state index in [9.17, 15) is 33.6 Å². The highest BCUT2D eigenvalue weighted by molar-refractivity contribution is 6.31. The van der Waals surface area contributed by atoms with E-state index in [1.807, 2.05) is 172 Å². The molecule has 6 aromatic heterocycles. The SMILES string of the molecule is CC(C)(C)OC(=O)NCC(=O)N1CCc2c([nH]c3ccccc23)C1c1ccncc1.CCNC(=O)N(CCc1c[nH]c2ccccc12)Cc1ccc(C(C)(C)C)cc1.COC(=O)C1Cc2c([nH]c3ccccc23)C(c2ccc(OC)cc2)N1.COC(=O)c1ccc(C2c3[nH]c4ccccc4c3CCN2C(=O)c2cccc(Cl)c2)cc1.COc1ccccc1C1c2[nH]c3ccccc3c2CCN1C(=O)c1cccc(Cl)c1. The Bertz CT molecular complexity index is 7520. The normalized spacial score (nSPS) is 15.6. The van der Waals surface area contributed by atoms with Gasteiger partial charge in [0, 0.05) is 168 Å². The number of aromatic nitrogens is 6. The number of pyridine rings is 1. The largest absolute Gasteiger partial charge is 0.497 e. The van der Waals surface area contributed by atoms with Crippen LogP contribution in [0.3, 0.4) is 0 Å². The Morgan fingerprint density at radius 1 is 0.469 bits per heavy atom. The van der Waals surface area contributed by atoms with E-state index in [1.165, 1.54) is 69.1 Å². The summed E-state index contributed by atoms with van der Waals surface area (Å²) < 4.78 is 26.0. The molecule has 0 radical (unpaired) electrons. The quantitative estimate of drug-likeness (QED) is 0.0293. The summed E-state index contributed by atoms with van der Waals surface area (Å²) in [6, 6.07) is 89.5. The summed E-state index contributed by atoms with van der Waals surface area (Å²) in [7, 11) is 6.10. The molecule has 11 aromatic carbocycles. The van der Waals surface area contributed by atoms with Crippen LogP contribution in [0, 0.1) is 0 Å². The van der Waals surface area contributed by atoms with Crippen molar-refractivity contribution < 1.29 is 57.2 Å². The number of carbonyl (C=O) groups excluding carboxylic acids is 7. The van der Waals surface area contributed by atoms with Crippen molar-refractivity contribution in [3.8, 4) is 11.5 Å². The number of nitrogens with one attached hydrogen (secondary N) is 8. The number of carbonyl (C=O) groups is 7. The number of rotatable bonds is 18. The minimum atomic E-state index is -0.614. The Morgan fingerprint density at radius 2 is 0.952 bits per heavy atom. The molecule has 0 bridgehead atoms. The van der Waals surface area contributed by atoms with Gasteiger partial charge in [0.15, 0.2) is 0 Å². The van der Waals surface area contributed by atoms with Crippen LogP contribution in [0.5, 0.6) is 11.5 Å². The fourth-order valence-corrected chi connectivity index (χ4v) is 20.3. The lowest BCUT2D eigenvalue weighted by Gasteiger charge is -2.37. The molecule has 0 aliphatic carbocycles. The third-order valence-electron chi connectivity index (χ3n) is 27.0. The van der Waals surface area contributed by atoms with Crippen LogP contribution in [0.4, 0.5) is 9.59 Å². The summed E-state index contributed by atoms with van der Waals surface area (Å²) in [6.45, 7) is 17.5. The Hall–Kier alpha value is -15.7. The van der Waals surface area contributed by atoms with Crippen LogP contribution < -0.4 is 25.4 Å². The van der Waals surface area contributed by atoms with Crippen LogP contribution in [0.25, 0.3) is 54.5 Å². The van der Waals surface area contributed by atoms with Gasteiger partial charge in [-0.25, -0.2) is 14.4 Å². The van der Waals surface area contributed by atoms with Gasteiger partial charge in [-0.1, -0.05) is 214 Å². The number of hydrogen-bond acceptors (Lipinski definition) is 14. The summed E-state index contributed by atoms with van der Waals surface area (Å²) in [5, 5.41) is 16.0. The number of methoxy groups -OCH3 is 4. The highest BCUT2D eigenvalue weighted by Crippen LogP contribution is 2.46. The molecular weight excluding hydrogens is 1860 g/mol. The Morgan fingerprint density at radius 3 is 1.47 bits per heavy atom. The zero-order chi connectivity index (χ0) is 102. The van der Waals surface area contributed by atoms with E-state index < -0.39 is 17.7 Å². The standard InChI is InChI=1S/C26H21ClN2O3.C25H21ClN2O2.C24H31N3O.C23H26N4O3.C20H20N2O3/c1-32-26(31)17-11-9-16(10-12-17)24-23-21(20-7-2-3-8-22(20)28-23)13-14-29(24)25(30)18-5-4-6-19(27)15-18;1-30-22-12-5-3-10-20(22)24-23-19(18-9-2-4-11-21(18)27-23)13-14-28(24)25(29)16-7-6-8-17(26)15-16;1-5-25-23(28)27(17-18-10-12-20(13-11-18)24(2,3)4)15-14-19-16-26-22-9-7-6-8-21(19)22;1-23(2,3)30-22(29)25-14-19(28)27-13-10-17-16-6-4-5-7-18(16)26-20(17)21(27)15-8-11-24-12-9-15;1-24-13-9-7-12(8-10-13)18-19-15(11-17(22-18)20(23)25-2)14-5-3-4-6-16(14)21-19/h2-12,15,24,28H,13-14H2,1H3;2-12,15,24,27H,13-14H2,1H3;6-13,16,26H,5,14-15,17H2,1-4H3,(H,25,28);4-9,11-12,21,26H,10,13-14H2,1-3H3,(H,25,29);3-10,17-18,21-22H,11H2,1-2H3. The van der Waals surface area contributed by atoms with Crippen molar-refractivity contribution in [2.24, 2.45) is 0 Å². The van der Waals surface area contributed by atoms with Crippen LogP contribution >= 0.6 is 23.2 Å². The summed E-state index contributed by atoms with van der Waals surface area (Å²) in [4.78, 5) is 118. The van der Waals surface area contributed by atoms with Crippen LogP contribution in [-0.2, 0) is 67.9 Å². The summed E-state index contributed by atoms with van der Waals surface area (Å²) in [5.74, 6) is 0.648. The number of para-hydroxylation sites is 6. The maximum atomic E-state index is 13.6. The first kappa shape index (κ1) is 101. The van der Waals surface area contributed by atoms with Crippen molar-refractivity contribution >= 4 is 120 Å². The molecular formula is C118H119Cl2N13O12. The molecule has 4 aliphatic heterocycles. The van der Waals surface area contributed by atoms with Crippen molar-refractivity contribution in [3.05, 3.63) is 408 Å². The van der Waals surface area contributed by atoms with E-state index in [2.05, 4.69) is 158 Å². The van der Waals surface area contributed by atoms with Crippen molar-refractivity contribution in [2.45, 2.75) is 128 Å².